The number of guanidine groups is 1. The predicted octanol–water partition coefficient (Wildman–Crippen LogP) is 1.13. The fraction of sp³-hybridized carbons (Fsp3) is 0.429. The van der Waals surface area contributed by atoms with Gasteiger partial charge in [-0.15, -0.1) is 0 Å². The van der Waals surface area contributed by atoms with Crippen LogP contribution < -0.4 is 4.90 Å². The Bertz CT molecular complexity index is 755. The highest BCUT2D eigenvalue weighted by Crippen LogP contribution is 2.34. The van der Waals surface area contributed by atoms with Gasteiger partial charge < -0.3 is 4.90 Å². The highest BCUT2D eigenvalue weighted by Gasteiger charge is 2.39. The molecule has 1 aromatic rings. The average Bonchev–Trinajstić information content (AvgIpc) is 2.80. The van der Waals surface area contributed by atoms with Crippen LogP contribution in [0.3, 0.4) is 0 Å². The Kier molecular flexibility index (Phi) is 3.05. The lowest BCUT2D eigenvalue weighted by atomic mass is 10.1. The largest absolute Gasteiger partial charge is 0.307 e. The van der Waals surface area contributed by atoms with Crippen molar-refractivity contribution in [2.75, 3.05) is 24.2 Å². The molecule has 0 saturated heterocycles. The van der Waals surface area contributed by atoms with Crippen LogP contribution >= 0.6 is 0 Å². The first-order valence-electron chi connectivity index (χ1n) is 6.84. The molecule has 0 spiro atoms. The molecule has 0 aliphatic carbocycles. The Balaban J connectivity index is 2.22. The molecule has 6 nitrogen and oxygen atoms in total. The fourth-order valence-corrected chi connectivity index (χ4v) is 3.42. The van der Waals surface area contributed by atoms with Crippen molar-refractivity contribution in [1.29, 1.82) is 0 Å². The zero-order valence-electron chi connectivity index (χ0n) is 12.2. The first-order valence-corrected chi connectivity index (χ1v) is 8.73. The zero-order valence-corrected chi connectivity index (χ0v) is 13.0. The second-order valence-corrected chi connectivity index (χ2v) is 7.38. The third-order valence-corrected chi connectivity index (χ3v) is 4.95. The van der Waals surface area contributed by atoms with Crippen LogP contribution in [0.2, 0.25) is 0 Å². The van der Waals surface area contributed by atoms with Crippen LogP contribution in [-0.2, 0) is 9.84 Å². The lowest BCUT2D eigenvalue weighted by molar-refractivity contribution is 0.0846. The zero-order chi connectivity index (χ0) is 15.4. The van der Waals surface area contributed by atoms with Gasteiger partial charge in [-0.05, 0) is 32.0 Å². The van der Waals surface area contributed by atoms with E-state index in [9.17, 15) is 13.2 Å². The molecule has 1 aromatic carbocycles. The van der Waals surface area contributed by atoms with Crippen LogP contribution in [-0.4, -0.2) is 50.6 Å². The number of carbonyl (C=O) groups excluding carboxylic acids is 1. The summed E-state index contributed by atoms with van der Waals surface area (Å²) in [5.41, 5.74) is 1.16. The summed E-state index contributed by atoms with van der Waals surface area (Å²) in [6.45, 7) is 5.05. The topological polar surface area (TPSA) is 70.1 Å². The normalized spacial score (nSPS) is 21.2. The number of sulfone groups is 1. The number of nitrogens with zero attached hydrogens (tertiary/aromatic N) is 3. The maximum absolute atomic E-state index is 12.6. The molecule has 0 radical (unpaired) electrons. The van der Waals surface area contributed by atoms with E-state index in [0.29, 0.717) is 24.6 Å². The van der Waals surface area contributed by atoms with Gasteiger partial charge in [0, 0.05) is 12.8 Å². The molecule has 2 heterocycles. The summed E-state index contributed by atoms with van der Waals surface area (Å²) in [7, 11) is -3.34. The third kappa shape index (κ3) is 2.03. The van der Waals surface area contributed by atoms with Crippen molar-refractivity contribution in [3.63, 3.8) is 0 Å². The second-order valence-electron chi connectivity index (χ2n) is 5.36. The number of anilines is 1. The number of carbonyl (C=O) groups is 1. The Morgan fingerprint density at radius 1 is 1.38 bits per heavy atom. The van der Waals surface area contributed by atoms with E-state index in [2.05, 4.69) is 4.99 Å². The molecule has 1 amide bonds. The molecule has 1 atom stereocenters. The SMILES string of the molecule is CCN1C(=O)c2cc(S(C)(=O)=O)ccc2N2C1=NC[C@H]2C. The van der Waals surface area contributed by atoms with Gasteiger partial charge in [0.2, 0.25) is 5.96 Å². The molecule has 0 aromatic heterocycles. The molecule has 0 bridgehead atoms. The number of aliphatic imine (C=N–C) groups is 1. The monoisotopic (exact) mass is 307 g/mol. The van der Waals surface area contributed by atoms with Crippen LogP contribution in [0.25, 0.3) is 0 Å². The van der Waals surface area contributed by atoms with Gasteiger partial charge in [0.05, 0.1) is 28.7 Å². The fourth-order valence-electron chi connectivity index (χ4n) is 2.78. The van der Waals surface area contributed by atoms with Crippen molar-refractivity contribution in [3.05, 3.63) is 23.8 Å². The van der Waals surface area contributed by atoms with Gasteiger partial charge in [-0.25, -0.2) is 8.42 Å². The molecule has 21 heavy (non-hydrogen) atoms. The molecular formula is C14H17N3O3S. The Labute approximate surface area is 124 Å². The van der Waals surface area contributed by atoms with E-state index in [1.54, 1.807) is 17.0 Å². The van der Waals surface area contributed by atoms with Crippen molar-refractivity contribution in [2.45, 2.75) is 24.8 Å². The number of hydrogen-bond donors (Lipinski definition) is 0. The smallest absolute Gasteiger partial charge is 0.262 e. The Morgan fingerprint density at radius 2 is 2.10 bits per heavy atom. The lowest BCUT2D eigenvalue weighted by Gasteiger charge is -2.37. The van der Waals surface area contributed by atoms with Gasteiger partial charge in [0.1, 0.15) is 0 Å². The maximum Gasteiger partial charge on any atom is 0.262 e. The number of rotatable bonds is 2. The molecule has 3 rings (SSSR count). The highest BCUT2D eigenvalue weighted by atomic mass is 32.2. The van der Waals surface area contributed by atoms with Gasteiger partial charge in [0.15, 0.2) is 9.84 Å². The van der Waals surface area contributed by atoms with Gasteiger partial charge in [-0.2, -0.15) is 0 Å². The third-order valence-electron chi connectivity index (χ3n) is 3.84. The van der Waals surface area contributed by atoms with Crippen molar-refractivity contribution in [1.82, 2.24) is 4.90 Å². The minimum Gasteiger partial charge on any atom is -0.307 e. The summed E-state index contributed by atoms with van der Waals surface area (Å²) in [6.07, 6.45) is 1.14. The quantitative estimate of drug-likeness (QED) is 0.821. The maximum atomic E-state index is 12.6. The molecule has 7 heteroatoms. The molecule has 2 aliphatic rings. The lowest BCUT2D eigenvalue weighted by Crippen LogP contribution is -2.52. The van der Waals surface area contributed by atoms with Crippen molar-refractivity contribution in [2.24, 2.45) is 4.99 Å². The van der Waals surface area contributed by atoms with Gasteiger partial charge in [-0.3, -0.25) is 14.7 Å². The molecule has 2 aliphatic heterocycles. The van der Waals surface area contributed by atoms with Crippen LogP contribution in [0.1, 0.15) is 24.2 Å². The first-order chi connectivity index (χ1) is 9.84. The van der Waals surface area contributed by atoms with E-state index < -0.39 is 9.84 Å². The van der Waals surface area contributed by atoms with Gasteiger partial charge >= 0.3 is 0 Å². The molecule has 0 unspecified atom stereocenters. The molecule has 0 fully saturated rings. The molecular weight excluding hydrogens is 290 g/mol. The summed E-state index contributed by atoms with van der Waals surface area (Å²) in [4.78, 5) is 20.8. The van der Waals surface area contributed by atoms with Crippen molar-refractivity contribution < 1.29 is 13.2 Å². The van der Waals surface area contributed by atoms with Crippen LogP contribution in [0.5, 0.6) is 0 Å². The van der Waals surface area contributed by atoms with Crippen LogP contribution in [0.4, 0.5) is 5.69 Å². The summed E-state index contributed by atoms with van der Waals surface area (Å²) >= 11 is 0. The van der Waals surface area contributed by atoms with E-state index in [1.165, 1.54) is 6.07 Å². The van der Waals surface area contributed by atoms with Crippen LogP contribution in [0, 0.1) is 0 Å². The summed E-state index contributed by atoms with van der Waals surface area (Å²) in [5.74, 6) is 0.469. The van der Waals surface area contributed by atoms with Gasteiger partial charge in [0.25, 0.3) is 5.91 Å². The second kappa shape index (κ2) is 4.56. The van der Waals surface area contributed by atoms with E-state index in [-0.39, 0.29) is 16.8 Å². The molecule has 0 N–H and O–H groups in total. The summed E-state index contributed by atoms with van der Waals surface area (Å²) < 4.78 is 23.4. The van der Waals surface area contributed by atoms with E-state index in [0.717, 1.165) is 11.9 Å². The number of fused-ring (bicyclic) bond motifs is 3. The number of amides is 1. The average molecular weight is 307 g/mol. The van der Waals surface area contributed by atoms with E-state index in [4.69, 9.17) is 0 Å². The summed E-state index contributed by atoms with van der Waals surface area (Å²) in [6, 6.07) is 4.88. The highest BCUT2D eigenvalue weighted by molar-refractivity contribution is 7.90. The van der Waals surface area contributed by atoms with Gasteiger partial charge in [-0.1, -0.05) is 0 Å². The minimum absolute atomic E-state index is 0.157. The van der Waals surface area contributed by atoms with E-state index >= 15 is 0 Å². The Hall–Kier alpha value is -1.89. The standard InChI is InChI=1S/C14H17N3O3S/c1-4-16-13(18)11-7-10(21(3,19)20)5-6-12(11)17-9(2)8-15-14(16)17/h5-7,9H,4,8H2,1-3H3/t9-/m1/s1. The molecule has 0 saturated carbocycles. The number of benzene rings is 1. The minimum atomic E-state index is -3.34. The van der Waals surface area contributed by atoms with E-state index in [1.807, 2.05) is 18.7 Å². The molecule has 112 valence electrons. The van der Waals surface area contributed by atoms with Crippen LogP contribution in [0.15, 0.2) is 28.1 Å². The number of hydrogen-bond acceptors (Lipinski definition) is 5. The van der Waals surface area contributed by atoms with Crippen molar-refractivity contribution >= 4 is 27.4 Å². The van der Waals surface area contributed by atoms with Crippen molar-refractivity contribution in [3.8, 4) is 0 Å². The first kappa shape index (κ1) is 14.1. The Morgan fingerprint density at radius 3 is 2.71 bits per heavy atom. The summed E-state index contributed by atoms with van der Waals surface area (Å²) in [5, 5.41) is 0. The predicted molar refractivity (Wildman–Crippen MR) is 80.5 cm³/mol.